The van der Waals surface area contributed by atoms with Crippen molar-refractivity contribution in [3.05, 3.63) is 34.5 Å². The number of piperidine rings is 1. The highest BCUT2D eigenvalue weighted by atomic mass is 32.2. The Kier molecular flexibility index (Phi) is 6.32. The summed E-state index contributed by atoms with van der Waals surface area (Å²) in [6.45, 7) is 2.56. The van der Waals surface area contributed by atoms with Gasteiger partial charge in [0.1, 0.15) is 5.82 Å². The number of imide groups is 1. The number of thioether (sulfide) groups is 1. The lowest BCUT2D eigenvalue weighted by Gasteiger charge is -2.29. The van der Waals surface area contributed by atoms with Crippen LogP contribution in [0.5, 0.6) is 0 Å². The standard InChI is InChI=1S/C19H23FN2O3S/c1-25-11-5-10-22-18(23)17(26-19(22)24)13-14-6-7-16(15(20)12-14)21-8-3-2-4-9-21/h6-7,12-13H,2-5,8-11H2,1H3/b17-13+. The van der Waals surface area contributed by atoms with E-state index in [9.17, 15) is 14.0 Å². The van der Waals surface area contributed by atoms with E-state index in [1.807, 2.05) is 0 Å². The first kappa shape index (κ1) is 18.9. The third-order valence-electron chi connectivity index (χ3n) is 4.57. The predicted octanol–water partition coefficient (Wildman–Crippen LogP) is 3.89. The van der Waals surface area contributed by atoms with Gasteiger partial charge in [0.2, 0.25) is 0 Å². The van der Waals surface area contributed by atoms with Gasteiger partial charge in [0.15, 0.2) is 0 Å². The Morgan fingerprint density at radius 1 is 1.23 bits per heavy atom. The molecule has 0 radical (unpaired) electrons. The first-order valence-electron chi connectivity index (χ1n) is 8.89. The van der Waals surface area contributed by atoms with Crippen LogP contribution >= 0.6 is 11.8 Å². The third-order valence-corrected chi connectivity index (χ3v) is 5.48. The maximum atomic E-state index is 14.5. The van der Waals surface area contributed by atoms with Gasteiger partial charge >= 0.3 is 0 Å². The highest BCUT2D eigenvalue weighted by Crippen LogP contribution is 2.33. The molecule has 0 unspecified atom stereocenters. The molecule has 2 aliphatic rings. The van der Waals surface area contributed by atoms with Gasteiger partial charge in [-0.1, -0.05) is 6.07 Å². The van der Waals surface area contributed by atoms with Crippen LogP contribution in [0.15, 0.2) is 23.1 Å². The van der Waals surface area contributed by atoms with Crippen molar-refractivity contribution in [2.75, 3.05) is 38.3 Å². The molecule has 0 N–H and O–H groups in total. The lowest BCUT2D eigenvalue weighted by Crippen LogP contribution is -2.30. The maximum Gasteiger partial charge on any atom is 0.293 e. The first-order chi connectivity index (χ1) is 12.6. The van der Waals surface area contributed by atoms with Crippen molar-refractivity contribution in [3.8, 4) is 0 Å². The summed E-state index contributed by atoms with van der Waals surface area (Å²) in [5.41, 5.74) is 1.19. The number of carbonyl (C=O) groups is 2. The molecule has 0 saturated carbocycles. The summed E-state index contributed by atoms with van der Waals surface area (Å²) in [6.07, 6.45) is 5.54. The number of hydrogen-bond acceptors (Lipinski definition) is 5. The van der Waals surface area contributed by atoms with Crippen molar-refractivity contribution in [2.24, 2.45) is 0 Å². The SMILES string of the molecule is COCCCN1C(=O)S/C(=C/c2ccc(N3CCCCC3)c(F)c2)C1=O. The molecule has 0 atom stereocenters. The fourth-order valence-corrected chi connectivity index (χ4v) is 4.08. The Labute approximate surface area is 157 Å². The lowest BCUT2D eigenvalue weighted by molar-refractivity contribution is -0.122. The fraction of sp³-hybridized carbons (Fsp3) is 0.474. The summed E-state index contributed by atoms with van der Waals surface area (Å²) < 4.78 is 19.5. The van der Waals surface area contributed by atoms with Crippen molar-refractivity contribution in [3.63, 3.8) is 0 Å². The van der Waals surface area contributed by atoms with E-state index in [0.29, 0.717) is 35.7 Å². The van der Waals surface area contributed by atoms with E-state index >= 15 is 0 Å². The Bertz CT molecular complexity index is 717. The molecule has 2 aliphatic heterocycles. The molecule has 3 rings (SSSR count). The lowest BCUT2D eigenvalue weighted by atomic mass is 10.1. The Hall–Kier alpha value is -1.86. The van der Waals surface area contributed by atoms with Crippen molar-refractivity contribution < 1.29 is 18.7 Å². The molecule has 0 spiro atoms. The molecule has 26 heavy (non-hydrogen) atoms. The molecule has 1 aromatic carbocycles. The minimum atomic E-state index is -0.323. The summed E-state index contributed by atoms with van der Waals surface area (Å²) >= 11 is 0.898. The van der Waals surface area contributed by atoms with E-state index in [-0.39, 0.29) is 17.0 Å². The van der Waals surface area contributed by atoms with Crippen LogP contribution in [0.1, 0.15) is 31.2 Å². The number of halogens is 1. The van der Waals surface area contributed by atoms with Crippen LogP contribution in [0.2, 0.25) is 0 Å². The van der Waals surface area contributed by atoms with Crippen molar-refractivity contribution in [1.29, 1.82) is 0 Å². The largest absolute Gasteiger partial charge is 0.385 e. The number of benzene rings is 1. The van der Waals surface area contributed by atoms with Gasteiger partial charge in [-0.05, 0) is 61.2 Å². The number of carbonyl (C=O) groups excluding carboxylic acids is 2. The summed E-state index contributed by atoms with van der Waals surface area (Å²) in [4.78, 5) is 28.0. The Morgan fingerprint density at radius 3 is 2.69 bits per heavy atom. The third kappa shape index (κ3) is 4.27. The van der Waals surface area contributed by atoms with Crippen molar-refractivity contribution >= 4 is 34.7 Å². The van der Waals surface area contributed by atoms with Crippen LogP contribution in [0.25, 0.3) is 6.08 Å². The molecule has 5 nitrogen and oxygen atoms in total. The molecule has 2 fully saturated rings. The molecular formula is C19H23FN2O3S. The van der Waals surface area contributed by atoms with Gasteiger partial charge in [0, 0.05) is 33.4 Å². The molecule has 0 aromatic heterocycles. The van der Waals surface area contributed by atoms with E-state index in [1.165, 1.54) is 17.4 Å². The molecule has 2 saturated heterocycles. The minimum Gasteiger partial charge on any atom is -0.385 e. The van der Waals surface area contributed by atoms with Gasteiger partial charge in [0.25, 0.3) is 11.1 Å². The average Bonchev–Trinajstić information content (AvgIpc) is 2.90. The second-order valence-electron chi connectivity index (χ2n) is 6.44. The van der Waals surface area contributed by atoms with E-state index in [1.54, 1.807) is 25.3 Å². The van der Waals surface area contributed by atoms with Gasteiger partial charge < -0.3 is 9.64 Å². The van der Waals surface area contributed by atoms with Crippen LogP contribution in [0.3, 0.4) is 0 Å². The second kappa shape index (κ2) is 8.68. The van der Waals surface area contributed by atoms with Gasteiger partial charge in [-0.25, -0.2) is 4.39 Å². The molecular weight excluding hydrogens is 355 g/mol. The van der Waals surface area contributed by atoms with E-state index in [2.05, 4.69) is 4.90 Å². The number of ether oxygens (including phenoxy) is 1. The zero-order valence-electron chi connectivity index (χ0n) is 14.9. The van der Waals surface area contributed by atoms with E-state index in [4.69, 9.17) is 4.74 Å². The molecule has 1 aromatic rings. The van der Waals surface area contributed by atoms with Gasteiger partial charge in [0.05, 0.1) is 10.6 Å². The quantitative estimate of drug-likeness (QED) is 0.555. The summed E-state index contributed by atoms with van der Waals surface area (Å²) in [6, 6.07) is 4.99. The van der Waals surface area contributed by atoms with E-state index in [0.717, 1.165) is 37.7 Å². The molecule has 2 heterocycles. The molecule has 2 amide bonds. The number of methoxy groups -OCH3 is 1. The second-order valence-corrected chi connectivity index (χ2v) is 7.43. The highest BCUT2D eigenvalue weighted by molar-refractivity contribution is 8.18. The fourth-order valence-electron chi connectivity index (χ4n) is 3.22. The van der Waals surface area contributed by atoms with Crippen LogP contribution in [-0.4, -0.2) is 49.4 Å². The van der Waals surface area contributed by atoms with Crippen LogP contribution in [0.4, 0.5) is 14.9 Å². The molecule has 0 aliphatic carbocycles. The number of anilines is 1. The topological polar surface area (TPSA) is 49.9 Å². The van der Waals surface area contributed by atoms with Gasteiger partial charge in [-0.3, -0.25) is 14.5 Å². The summed E-state index contributed by atoms with van der Waals surface area (Å²) in [5, 5.41) is -0.289. The van der Waals surface area contributed by atoms with Crippen LogP contribution in [-0.2, 0) is 9.53 Å². The first-order valence-corrected chi connectivity index (χ1v) is 9.70. The van der Waals surface area contributed by atoms with Crippen LogP contribution < -0.4 is 4.90 Å². The molecule has 7 heteroatoms. The minimum absolute atomic E-state index is 0.289. The predicted molar refractivity (Wildman–Crippen MR) is 102 cm³/mol. The monoisotopic (exact) mass is 378 g/mol. The Balaban J connectivity index is 1.72. The average molecular weight is 378 g/mol. The number of hydrogen-bond donors (Lipinski definition) is 0. The molecule has 0 bridgehead atoms. The summed E-state index contributed by atoms with van der Waals surface area (Å²) in [5.74, 6) is -0.614. The van der Waals surface area contributed by atoms with Crippen LogP contribution in [0, 0.1) is 5.82 Å². The maximum absolute atomic E-state index is 14.5. The number of nitrogens with zero attached hydrogens (tertiary/aromatic N) is 2. The smallest absolute Gasteiger partial charge is 0.293 e. The normalized spacial score (nSPS) is 19.7. The van der Waals surface area contributed by atoms with Crippen molar-refractivity contribution in [1.82, 2.24) is 4.90 Å². The van der Waals surface area contributed by atoms with Crippen molar-refractivity contribution in [2.45, 2.75) is 25.7 Å². The zero-order valence-corrected chi connectivity index (χ0v) is 15.7. The molecule has 140 valence electrons. The summed E-state index contributed by atoms with van der Waals surface area (Å²) in [7, 11) is 1.58. The van der Waals surface area contributed by atoms with Gasteiger partial charge in [-0.15, -0.1) is 0 Å². The number of rotatable bonds is 6. The van der Waals surface area contributed by atoms with Gasteiger partial charge in [-0.2, -0.15) is 0 Å². The highest BCUT2D eigenvalue weighted by Gasteiger charge is 2.34. The number of amides is 2. The Morgan fingerprint density at radius 2 is 2.00 bits per heavy atom. The van der Waals surface area contributed by atoms with E-state index < -0.39 is 0 Å². The zero-order chi connectivity index (χ0) is 18.5.